The molecular weight excluding hydrogens is 252 g/mol. The van der Waals surface area contributed by atoms with Crippen LogP contribution in [0, 0.1) is 0 Å². The highest BCUT2D eigenvalue weighted by atomic mass is 16.5. The van der Waals surface area contributed by atoms with E-state index >= 15 is 0 Å². The maximum atomic E-state index is 11.9. The molecule has 0 heterocycles. The molecule has 1 fully saturated rings. The third kappa shape index (κ3) is 3.06. The molecule has 0 aliphatic heterocycles. The highest BCUT2D eigenvalue weighted by molar-refractivity contribution is 5.98. The molecule has 1 aromatic carbocycles. The summed E-state index contributed by atoms with van der Waals surface area (Å²) in [5.74, 6) is -0.344. The Bertz CT molecular complexity index is 468. The van der Waals surface area contributed by atoms with Gasteiger partial charge in [-0.25, -0.2) is 4.79 Å². The van der Waals surface area contributed by atoms with Gasteiger partial charge in [0.2, 0.25) is 0 Å². The van der Waals surface area contributed by atoms with Crippen molar-refractivity contribution in [2.24, 2.45) is 0 Å². The van der Waals surface area contributed by atoms with Gasteiger partial charge in [-0.3, -0.25) is 0 Å². The number of ether oxygens (including phenoxy) is 1. The first-order valence-corrected chi connectivity index (χ1v) is 7.43. The number of esters is 1. The summed E-state index contributed by atoms with van der Waals surface area (Å²) in [4.78, 5) is 14.1. The SMILES string of the molecule is CCOC(=O)c1cccc(N(C)C2CCCCC2)c1N. The summed E-state index contributed by atoms with van der Waals surface area (Å²) >= 11 is 0. The summed E-state index contributed by atoms with van der Waals surface area (Å²) in [5, 5.41) is 0. The third-order valence-electron chi connectivity index (χ3n) is 4.08. The largest absolute Gasteiger partial charge is 0.462 e. The minimum Gasteiger partial charge on any atom is -0.462 e. The number of anilines is 2. The Hall–Kier alpha value is -1.71. The van der Waals surface area contributed by atoms with Crippen molar-refractivity contribution in [1.29, 1.82) is 0 Å². The number of nitrogens with two attached hydrogens (primary N) is 1. The molecule has 0 saturated heterocycles. The molecule has 2 N–H and O–H groups in total. The van der Waals surface area contributed by atoms with Crippen molar-refractivity contribution >= 4 is 17.3 Å². The number of rotatable bonds is 4. The first kappa shape index (κ1) is 14.7. The molecule has 1 saturated carbocycles. The smallest absolute Gasteiger partial charge is 0.340 e. The fraction of sp³-hybridized carbons (Fsp3) is 0.562. The Morgan fingerprint density at radius 2 is 2.05 bits per heavy atom. The van der Waals surface area contributed by atoms with Crippen LogP contribution in [0.4, 0.5) is 11.4 Å². The van der Waals surface area contributed by atoms with Crippen LogP contribution in [-0.4, -0.2) is 25.7 Å². The molecular formula is C16H24N2O2. The van der Waals surface area contributed by atoms with Gasteiger partial charge in [-0.2, -0.15) is 0 Å². The van der Waals surface area contributed by atoms with Gasteiger partial charge in [0.1, 0.15) is 0 Å². The number of hydrogen-bond acceptors (Lipinski definition) is 4. The second-order valence-corrected chi connectivity index (χ2v) is 5.36. The first-order chi connectivity index (χ1) is 9.65. The molecule has 4 heteroatoms. The molecule has 0 unspecified atom stereocenters. The highest BCUT2D eigenvalue weighted by Crippen LogP contribution is 2.31. The molecule has 1 aliphatic carbocycles. The first-order valence-electron chi connectivity index (χ1n) is 7.43. The highest BCUT2D eigenvalue weighted by Gasteiger charge is 2.22. The van der Waals surface area contributed by atoms with Crippen LogP contribution in [0.2, 0.25) is 0 Å². The maximum Gasteiger partial charge on any atom is 0.340 e. The van der Waals surface area contributed by atoms with Crippen molar-refractivity contribution in [3.8, 4) is 0 Å². The Labute approximate surface area is 120 Å². The molecule has 0 atom stereocenters. The minimum atomic E-state index is -0.344. The van der Waals surface area contributed by atoms with Crippen molar-refractivity contribution in [3.63, 3.8) is 0 Å². The van der Waals surface area contributed by atoms with Gasteiger partial charge >= 0.3 is 5.97 Å². The van der Waals surface area contributed by atoms with Crippen molar-refractivity contribution in [3.05, 3.63) is 23.8 Å². The van der Waals surface area contributed by atoms with Gasteiger partial charge in [-0.15, -0.1) is 0 Å². The van der Waals surface area contributed by atoms with E-state index < -0.39 is 0 Å². The topological polar surface area (TPSA) is 55.6 Å². The summed E-state index contributed by atoms with van der Waals surface area (Å²) in [6, 6.07) is 6.10. The Kier molecular flexibility index (Phi) is 4.88. The quantitative estimate of drug-likeness (QED) is 0.677. The molecule has 20 heavy (non-hydrogen) atoms. The van der Waals surface area contributed by atoms with E-state index in [1.165, 1.54) is 32.1 Å². The Balaban J connectivity index is 2.23. The minimum absolute atomic E-state index is 0.344. The lowest BCUT2D eigenvalue weighted by atomic mass is 9.94. The van der Waals surface area contributed by atoms with Crippen LogP contribution in [0.5, 0.6) is 0 Å². The van der Waals surface area contributed by atoms with Crippen LogP contribution in [-0.2, 0) is 4.74 Å². The van der Waals surface area contributed by atoms with E-state index in [4.69, 9.17) is 10.5 Å². The van der Waals surface area contributed by atoms with Crippen LogP contribution in [0.25, 0.3) is 0 Å². The maximum absolute atomic E-state index is 11.9. The second-order valence-electron chi connectivity index (χ2n) is 5.36. The molecule has 110 valence electrons. The molecule has 0 aromatic heterocycles. The Morgan fingerprint density at radius 3 is 2.70 bits per heavy atom. The van der Waals surface area contributed by atoms with E-state index in [1.807, 2.05) is 12.1 Å². The lowest BCUT2D eigenvalue weighted by Crippen LogP contribution is -2.34. The van der Waals surface area contributed by atoms with Crippen LogP contribution >= 0.6 is 0 Å². The predicted molar refractivity (Wildman–Crippen MR) is 82.1 cm³/mol. The summed E-state index contributed by atoms with van der Waals surface area (Å²) in [6.07, 6.45) is 6.25. The normalized spacial score (nSPS) is 15.9. The number of carbonyl (C=O) groups is 1. The van der Waals surface area contributed by atoms with Crippen LogP contribution in [0.3, 0.4) is 0 Å². The monoisotopic (exact) mass is 276 g/mol. The van der Waals surface area contributed by atoms with E-state index in [0.29, 0.717) is 23.9 Å². The summed E-state index contributed by atoms with van der Waals surface area (Å²) in [6.45, 7) is 2.16. The lowest BCUT2D eigenvalue weighted by molar-refractivity contribution is 0.0527. The summed E-state index contributed by atoms with van der Waals surface area (Å²) in [5.41, 5.74) is 8.10. The number of carbonyl (C=O) groups excluding carboxylic acids is 1. The molecule has 0 spiro atoms. The van der Waals surface area contributed by atoms with Crippen molar-refractivity contribution < 1.29 is 9.53 Å². The average Bonchev–Trinajstić information content (AvgIpc) is 2.48. The lowest BCUT2D eigenvalue weighted by Gasteiger charge is -2.34. The number of nitrogen functional groups attached to an aromatic ring is 1. The number of para-hydroxylation sites is 1. The van der Waals surface area contributed by atoms with Crippen molar-refractivity contribution in [2.45, 2.75) is 45.1 Å². The number of nitrogens with zero attached hydrogens (tertiary/aromatic N) is 1. The van der Waals surface area contributed by atoms with Gasteiger partial charge in [-0.05, 0) is 31.9 Å². The standard InChI is InChI=1S/C16H24N2O2/c1-3-20-16(19)13-10-7-11-14(15(13)17)18(2)12-8-5-4-6-9-12/h7,10-12H,3-6,8-9,17H2,1-2H3. The van der Waals surface area contributed by atoms with Gasteiger partial charge in [-0.1, -0.05) is 25.3 Å². The zero-order valence-corrected chi connectivity index (χ0v) is 12.4. The van der Waals surface area contributed by atoms with Gasteiger partial charge in [0, 0.05) is 13.1 Å². The average molecular weight is 276 g/mol. The molecule has 2 rings (SSSR count). The molecule has 0 radical (unpaired) electrons. The molecule has 1 aromatic rings. The van der Waals surface area contributed by atoms with Crippen molar-refractivity contribution in [2.75, 3.05) is 24.3 Å². The van der Waals surface area contributed by atoms with Crippen LogP contribution < -0.4 is 10.6 Å². The van der Waals surface area contributed by atoms with Crippen molar-refractivity contribution in [1.82, 2.24) is 0 Å². The number of hydrogen-bond donors (Lipinski definition) is 1. The summed E-state index contributed by atoms with van der Waals surface area (Å²) in [7, 11) is 2.07. The van der Waals surface area contributed by atoms with E-state index in [1.54, 1.807) is 13.0 Å². The van der Waals surface area contributed by atoms with Crippen LogP contribution in [0.15, 0.2) is 18.2 Å². The predicted octanol–water partition coefficient (Wildman–Crippen LogP) is 3.21. The zero-order valence-electron chi connectivity index (χ0n) is 12.4. The molecule has 4 nitrogen and oxygen atoms in total. The van der Waals surface area contributed by atoms with E-state index in [9.17, 15) is 4.79 Å². The van der Waals surface area contributed by atoms with E-state index in [0.717, 1.165) is 5.69 Å². The van der Waals surface area contributed by atoms with E-state index in [-0.39, 0.29) is 5.97 Å². The van der Waals surface area contributed by atoms with Gasteiger partial charge < -0.3 is 15.4 Å². The van der Waals surface area contributed by atoms with Gasteiger partial charge in [0.15, 0.2) is 0 Å². The fourth-order valence-corrected chi connectivity index (χ4v) is 2.91. The molecule has 0 bridgehead atoms. The molecule has 0 amide bonds. The Morgan fingerprint density at radius 1 is 1.35 bits per heavy atom. The van der Waals surface area contributed by atoms with Gasteiger partial charge in [0.05, 0.1) is 23.5 Å². The van der Waals surface area contributed by atoms with Crippen LogP contribution in [0.1, 0.15) is 49.4 Å². The van der Waals surface area contributed by atoms with E-state index in [2.05, 4.69) is 11.9 Å². The molecule has 1 aliphatic rings. The number of benzene rings is 1. The van der Waals surface area contributed by atoms with Gasteiger partial charge in [0.25, 0.3) is 0 Å². The third-order valence-corrected chi connectivity index (χ3v) is 4.08. The fourth-order valence-electron chi connectivity index (χ4n) is 2.91. The second kappa shape index (κ2) is 6.64. The zero-order chi connectivity index (χ0) is 14.5. The summed E-state index contributed by atoms with van der Waals surface area (Å²) < 4.78 is 5.05.